The van der Waals surface area contributed by atoms with Gasteiger partial charge in [0, 0.05) is 5.69 Å². The van der Waals surface area contributed by atoms with Crippen molar-refractivity contribution in [2.24, 2.45) is 0 Å². The minimum atomic E-state index is -0.448. The van der Waals surface area contributed by atoms with Gasteiger partial charge >= 0.3 is 0 Å². The van der Waals surface area contributed by atoms with Gasteiger partial charge in [-0.05, 0) is 37.4 Å². The number of aromatic nitrogens is 2. The van der Waals surface area contributed by atoms with Crippen molar-refractivity contribution in [2.45, 2.75) is 0 Å². The number of nitriles is 1. The first-order chi connectivity index (χ1) is 13.5. The van der Waals surface area contributed by atoms with E-state index in [4.69, 9.17) is 0 Å². The second-order valence-electron chi connectivity index (χ2n) is 6.27. The molecule has 0 aliphatic rings. The summed E-state index contributed by atoms with van der Waals surface area (Å²) in [6.07, 6.45) is 0. The molecular weight excluding hydrogens is 361 g/mol. The quantitative estimate of drug-likeness (QED) is 0.451. The fraction of sp³-hybridized carbons (Fsp3) is 0.150. The van der Waals surface area contributed by atoms with Crippen molar-refractivity contribution >= 4 is 28.2 Å². The van der Waals surface area contributed by atoms with E-state index in [1.165, 1.54) is 23.1 Å². The Bertz CT molecular complexity index is 1050. The van der Waals surface area contributed by atoms with Gasteiger partial charge in [-0.25, -0.2) is 9.37 Å². The second kappa shape index (κ2) is 8.33. The van der Waals surface area contributed by atoms with E-state index >= 15 is 0 Å². The molecule has 0 radical (unpaired) electrons. The van der Waals surface area contributed by atoms with Crippen LogP contribution in [0.2, 0.25) is 0 Å². The first-order valence-corrected chi connectivity index (χ1v) is 8.47. The number of halogens is 1. The van der Waals surface area contributed by atoms with E-state index in [2.05, 4.69) is 15.3 Å². The topological polar surface area (TPSA) is 105 Å². The van der Waals surface area contributed by atoms with Gasteiger partial charge in [-0.15, -0.1) is 0 Å². The number of allylic oxidation sites excluding steroid dienone is 1. The normalized spacial score (nSPS) is 11.9. The number of hydrogen-bond acceptors (Lipinski definition) is 5. The van der Waals surface area contributed by atoms with Crippen LogP contribution in [0.5, 0.6) is 0 Å². The molecule has 0 atom stereocenters. The Balaban J connectivity index is 1.68. The minimum Gasteiger partial charge on any atom is -0.509 e. The molecule has 1 amide bonds. The number of benzene rings is 2. The lowest BCUT2D eigenvalue weighted by atomic mass is 10.2. The lowest BCUT2D eigenvalue weighted by Crippen LogP contribution is -2.31. The van der Waals surface area contributed by atoms with Crippen molar-refractivity contribution < 1.29 is 14.3 Å². The number of imidazole rings is 1. The fourth-order valence-corrected chi connectivity index (χ4v) is 2.73. The predicted molar refractivity (Wildman–Crippen MR) is 104 cm³/mol. The third-order valence-electron chi connectivity index (χ3n) is 3.97. The maximum absolute atomic E-state index is 13.2. The van der Waals surface area contributed by atoms with Gasteiger partial charge in [0.1, 0.15) is 23.2 Å². The molecule has 8 heteroatoms. The average Bonchev–Trinajstić information content (AvgIpc) is 3.05. The van der Waals surface area contributed by atoms with Crippen LogP contribution in [0.3, 0.4) is 0 Å². The maximum atomic E-state index is 13.2. The van der Waals surface area contributed by atoms with Crippen LogP contribution in [0.25, 0.3) is 16.6 Å². The van der Waals surface area contributed by atoms with Gasteiger partial charge in [0.05, 0.1) is 24.1 Å². The summed E-state index contributed by atoms with van der Waals surface area (Å²) in [5.74, 6) is -0.763. The highest BCUT2D eigenvalue weighted by Crippen LogP contribution is 2.19. The SMILES string of the molecule is CN(CC(=O)Nc1cccc(F)c1)C/C(O)=C(\C#N)c1nc2ccccc2[nH]1. The molecule has 142 valence electrons. The zero-order valence-corrected chi connectivity index (χ0v) is 15.1. The van der Waals surface area contributed by atoms with Gasteiger partial charge in [0.25, 0.3) is 0 Å². The van der Waals surface area contributed by atoms with E-state index in [1.54, 1.807) is 19.2 Å². The number of nitrogens with zero attached hydrogens (tertiary/aromatic N) is 3. The van der Waals surface area contributed by atoms with Gasteiger partial charge in [-0.2, -0.15) is 5.26 Å². The van der Waals surface area contributed by atoms with Crippen LogP contribution in [0.15, 0.2) is 54.3 Å². The largest absolute Gasteiger partial charge is 0.509 e. The third-order valence-corrected chi connectivity index (χ3v) is 3.97. The van der Waals surface area contributed by atoms with E-state index in [9.17, 15) is 19.6 Å². The molecule has 0 unspecified atom stereocenters. The van der Waals surface area contributed by atoms with Crippen molar-refractivity contribution in [3.63, 3.8) is 0 Å². The molecule has 1 heterocycles. The lowest BCUT2D eigenvalue weighted by Gasteiger charge is -2.16. The van der Waals surface area contributed by atoms with Gasteiger partial charge in [0.15, 0.2) is 5.82 Å². The fourth-order valence-electron chi connectivity index (χ4n) is 2.73. The van der Waals surface area contributed by atoms with E-state index < -0.39 is 5.82 Å². The number of anilines is 1. The Labute approximate surface area is 160 Å². The summed E-state index contributed by atoms with van der Waals surface area (Å²) in [5.41, 5.74) is 1.79. The van der Waals surface area contributed by atoms with Crippen molar-refractivity contribution in [3.05, 3.63) is 65.9 Å². The number of rotatable bonds is 6. The monoisotopic (exact) mass is 379 g/mol. The summed E-state index contributed by atoms with van der Waals surface area (Å²) in [7, 11) is 1.62. The molecule has 0 saturated heterocycles. The molecule has 3 rings (SSSR count). The highest BCUT2D eigenvalue weighted by molar-refractivity contribution is 5.92. The summed E-state index contributed by atoms with van der Waals surface area (Å²) in [6, 6.07) is 14.8. The molecule has 3 aromatic rings. The molecule has 0 aliphatic carbocycles. The number of likely N-dealkylation sites (N-methyl/N-ethyl adjacent to an activating group) is 1. The zero-order chi connectivity index (χ0) is 20.1. The number of aliphatic hydroxyl groups is 1. The number of hydrogen-bond donors (Lipinski definition) is 3. The van der Waals surface area contributed by atoms with Crippen molar-refractivity contribution in [2.75, 3.05) is 25.5 Å². The molecule has 0 saturated carbocycles. The van der Waals surface area contributed by atoms with Crippen LogP contribution in [0.1, 0.15) is 5.82 Å². The van der Waals surface area contributed by atoms with Crippen molar-refractivity contribution in [1.29, 1.82) is 5.26 Å². The number of fused-ring (bicyclic) bond motifs is 1. The van der Waals surface area contributed by atoms with E-state index in [1.807, 2.05) is 24.3 Å². The minimum absolute atomic E-state index is 0.00795. The highest BCUT2D eigenvalue weighted by atomic mass is 19.1. The molecule has 28 heavy (non-hydrogen) atoms. The molecule has 0 aliphatic heterocycles. The smallest absolute Gasteiger partial charge is 0.238 e. The van der Waals surface area contributed by atoms with E-state index in [-0.39, 0.29) is 36.2 Å². The Morgan fingerprint density at radius 2 is 2.07 bits per heavy atom. The zero-order valence-electron chi connectivity index (χ0n) is 15.1. The number of nitrogens with one attached hydrogen (secondary N) is 2. The summed E-state index contributed by atoms with van der Waals surface area (Å²) in [4.78, 5) is 20.9. The van der Waals surface area contributed by atoms with Gasteiger partial charge in [-0.1, -0.05) is 18.2 Å². The van der Waals surface area contributed by atoms with Crippen LogP contribution in [-0.2, 0) is 4.79 Å². The molecule has 3 N–H and O–H groups in total. The Hall–Kier alpha value is -3.70. The summed E-state index contributed by atoms with van der Waals surface area (Å²) < 4.78 is 13.2. The second-order valence-corrected chi connectivity index (χ2v) is 6.27. The Kier molecular flexibility index (Phi) is 5.67. The number of carbonyl (C=O) groups excluding carboxylic acids is 1. The van der Waals surface area contributed by atoms with Crippen LogP contribution in [-0.4, -0.2) is 46.0 Å². The number of H-pyrrole nitrogens is 1. The van der Waals surface area contributed by atoms with Gasteiger partial charge < -0.3 is 15.4 Å². The standard InChI is InChI=1S/C20H18FN5O2/c1-26(12-19(28)23-14-6-4-5-13(21)9-14)11-18(27)15(10-22)20-24-16-7-2-3-8-17(16)25-20/h2-9,27H,11-12H2,1H3,(H,23,28)(H,24,25)/b18-15-. The van der Waals surface area contributed by atoms with Crippen molar-refractivity contribution in [3.8, 4) is 6.07 Å². The number of carbonyl (C=O) groups is 1. The third kappa shape index (κ3) is 4.52. The summed E-state index contributed by atoms with van der Waals surface area (Å²) in [6.45, 7) is -0.0874. The molecule has 0 fully saturated rings. The molecule has 0 spiro atoms. The van der Waals surface area contributed by atoms with Crippen molar-refractivity contribution in [1.82, 2.24) is 14.9 Å². The van der Waals surface area contributed by atoms with Gasteiger partial charge in [-0.3, -0.25) is 9.69 Å². The summed E-state index contributed by atoms with van der Waals surface area (Å²) >= 11 is 0. The molecule has 2 aromatic carbocycles. The van der Waals surface area contributed by atoms with E-state index in [0.29, 0.717) is 11.2 Å². The first kappa shape index (κ1) is 19.1. The Morgan fingerprint density at radius 1 is 1.29 bits per heavy atom. The lowest BCUT2D eigenvalue weighted by molar-refractivity contribution is -0.117. The predicted octanol–water partition coefficient (Wildman–Crippen LogP) is 3.07. The molecular formula is C20H18FN5O2. The summed E-state index contributed by atoms with van der Waals surface area (Å²) in [5, 5.41) is 22.4. The molecule has 1 aromatic heterocycles. The van der Waals surface area contributed by atoms with Crippen LogP contribution in [0, 0.1) is 17.1 Å². The number of aliphatic hydroxyl groups excluding tert-OH is 1. The number of para-hydroxylation sites is 2. The highest BCUT2D eigenvalue weighted by Gasteiger charge is 2.16. The number of aromatic amines is 1. The Morgan fingerprint density at radius 3 is 2.79 bits per heavy atom. The maximum Gasteiger partial charge on any atom is 0.238 e. The average molecular weight is 379 g/mol. The van der Waals surface area contributed by atoms with Gasteiger partial charge in [0.2, 0.25) is 5.91 Å². The van der Waals surface area contributed by atoms with E-state index in [0.717, 1.165) is 5.52 Å². The van der Waals surface area contributed by atoms with Crippen LogP contribution in [0.4, 0.5) is 10.1 Å². The first-order valence-electron chi connectivity index (χ1n) is 8.47. The van der Waals surface area contributed by atoms with Crippen LogP contribution >= 0.6 is 0 Å². The number of amides is 1. The molecule has 7 nitrogen and oxygen atoms in total. The van der Waals surface area contributed by atoms with Crippen LogP contribution < -0.4 is 5.32 Å². The molecule has 0 bridgehead atoms.